The maximum absolute atomic E-state index is 12.9. The van der Waals surface area contributed by atoms with E-state index in [-0.39, 0.29) is 24.7 Å². The Labute approximate surface area is 200 Å². The van der Waals surface area contributed by atoms with Crippen LogP contribution in [0.4, 0.5) is 5.69 Å². The van der Waals surface area contributed by atoms with Crippen molar-refractivity contribution in [3.05, 3.63) is 59.1 Å². The summed E-state index contributed by atoms with van der Waals surface area (Å²) in [4.78, 5) is 28.8. The minimum absolute atomic E-state index is 0.0159. The Morgan fingerprint density at radius 2 is 1.79 bits per heavy atom. The summed E-state index contributed by atoms with van der Waals surface area (Å²) in [6, 6.07) is 14.8. The number of benzene rings is 2. The monoisotopic (exact) mass is 470 g/mol. The highest BCUT2D eigenvalue weighted by Crippen LogP contribution is 2.30. The lowest BCUT2D eigenvalue weighted by Crippen LogP contribution is -2.49. The number of carbonyl (C=O) groups excluding carboxylic acids is 2. The Bertz CT molecular complexity index is 982. The molecular formula is C26H31ClN2O4. The molecule has 0 bridgehead atoms. The third-order valence-electron chi connectivity index (χ3n) is 6.78. The second-order valence-corrected chi connectivity index (χ2v) is 9.57. The third-order valence-corrected chi connectivity index (χ3v) is 7.15. The number of rotatable bonds is 7. The number of halogens is 1. The van der Waals surface area contributed by atoms with E-state index in [1.54, 1.807) is 22.9 Å². The SMILES string of the molecule is CN(C(=O)CC1(O)CCN(C(=O)Cc2ccccc2Cl)CC1)c1ccc(OC2CCC2)cc1. The minimum atomic E-state index is -1.11. The van der Waals surface area contributed by atoms with Crippen molar-refractivity contribution < 1.29 is 19.4 Å². The Morgan fingerprint density at radius 1 is 1.12 bits per heavy atom. The maximum Gasteiger partial charge on any atom is 0.229 e. The topological polar surface area (TPSA) is 70.1 Å². The van der Waals surface area contributed by atoms with Crippen LogP contribution in [0.2, 0.25) is 5.02 Å². The van der Waals surface area contributed by atoms with Crippen LogP contribution in [0.3, 0.4) is 0 Å². The first-order valence-electron chi connectivity index (χ1n) is 11.6. The van der Waals surface area contributed by atoms with Gasteiger partial charge in [0.25, 0.3) is 0 Å². The Hall–Kier alpha value is -2.57. The number of carbonyl (C=O) groups is 2. The summed E-state index contributed by atoms with van der Waals surface area (Å²) in [5.41, 5.74) is 0.447. The summed E-state index contributed by atoms with van der Waals surface area (Å²) in [5, 5.41) is 11.6. The van der Waals surface area contributed by atoms with Crippen LogP contribution in [-0.2, 0) is 16.0 Å². The van der Waals surface area contributed by atoms with E-state index >= 15 is 0 Å². The van der Waals surface area contributed by atoms with E-state index in [2.05, 4.69) is 0 Å². The van der Waals surface area contributed by atoms with Gasteiger partial charge in [0.2, 0.25) is 11.8 Å². The third kappa shape index (κ3) is 5.87. The molecule has 4 rings (SSSR count). The lowest BCUT2D eigenvalue weighted by molar-refractivity contribution is -0.136. The zero-order chi connectivity index (χ0) is 23.4. The van der Waals surface area contributed by atoms with Gasteiger partial charge in [0.15, 0.2) is 0 Å². The summed E-state index contributed by atoms with van der Waals surface area (Å²) >= 11 is 6.17. The normalized spacial score (nSPS) is 17.8. The number of likely N-dealkylation sites (tertiary alicyclic amines) is 1. The van der Waals surface area contributed by atoms with Crippen LogP contribution in [0, 0.1) is 0 Å². The fraction of sp³-hybridized carbons (Fsp3) is 0.462. The van der Waals surface area contributed by atoms with Crippen molar-refractivity contribution in [2.75, 3.05) is 25.0 Å². The van der Waals surface area contributed by atoms with Gasteiger partial charge in [0, 0.05) is 30.8 Å². The first-order chi connectivity index (χ1) is 15.8. The van der Waals surface area contributed by atoms with E-state index < -0.39 is 5.60 Å². The van der Waals surface area contributed by atoms with Crippen LogP contribution in [0.25, 0.3) is 0 Å². The van der Waals surface area contributed by atoms with Crippen LogP contribution in [-0.4, -0.2) is 53.7 Å². The quantitative estimate of drug-likeness (QED) is 0.657. The molecule has 2 fully saturated rings. The van der Waals surface area contributed by atoms with Crippen LogP contribution in [0.15, 0.2) is 48.5 Å². The van der Waals surface area contributed by atoms with Gasteiger partial charge in [-0.3, -0.25) is 9.59 Å². The second kappa shape index (κ2) is 10.1. The fourth-order valence-electron chi connectivity index (χ4n) is 4.24. The van der Waals surface area contributed by atoms with E-state index in [0.717, 1.165) is 29.8 Å². The van der Waals surface area contributed by atoms with Crippen molar-refractivity contribution in [1.29, 1.82) is 0 Å². The van der Waals surface area contributed by atoms with E-state index in [1.165, 1.54) is 6.42 Å². The van der Waals surface area contributed by atoms with Gasteiger partial charge in [-0.2, -0.15) is 0 Å². The molecular weight excluding hydrogens is 440 g/mol. The van der Waals surface area contributed by atoms with Crippen LogP contribution >= 0.6 is 11.6 Å². The molecule has 0 spiro atoms. The lowest BCUT2D eigenvalue weighted by Gasteiger charge is -2.38. The number of hydrogen-bond acceptors (Lipinski definition) is 4. The molecule has 0 aromatic heterocycles. The van der Waals surface area contributed by atoms with E-state index in [4.69, 9.17) is 16.3 Å². The van der Waals surface area contributed by atoms with E-state index in [1.807, 2.05) is 42.5 Å². The van der Waals surface area contributed by atoms with Crippen LogP contribution in [0.5, 0.6) is 5.75 Å². The number of anilines is 1. The molecule has 1 aliphatic heterocycles. The second-order valence-electron chi connectivity index (χ2n) is 9.17. The highest BCUT2D eigenvalue weighted by molar-refractivity contribution is 6.31. The van der Waals surface area contributed by atoms with Crippen molar-refractivity contribution in [1.82, 2.24) is 4.90 Å². The first-order valence-corrected chi connectivity index (χ1v) is 12.0. The summed E-state index contributed by atoms with van der Waals surface area (Å²) < 4.78 is 5.87. The molecule has 0 radical (unpaired) electrons. The van der Waals surface area contributed by atoms with Crippen molar-refractivity contribution in [2.45, 2.75) is 56.7 Å². The minimum Gasteiger partial charge on any atom is -0.490 e. The molecule has 2 aliphatic rings. The van der Waals surface area contributed by atoms with Gasteiger partial charge in [-0.25, -0.2) is 0 Å². The van der Waals surface area contributed by atoms with Crippen molar-refractivity contribution in [3.8, 4) is 5.75 Å². The van der Waals surface area contributed by atoms with E-state index in [0.29, 0.717) is 37.1 Å². The van der Waals surface area contributed by atoms with Gasteiger partial charge in [0.1, 0.15) is 5.75 Å². The molecule has 7 heteroatoms. The largest absolute Gasteiger partial charge is 0.490 e. The summed E-state index contributed by atoms with van der Waals surface area (Å²) in [7, 11) is 1.72. The van der Waals surface area contributed by atoms with E-state index in [9.17, 15) is 14.7 Å². The number of nitrogens with zero attached hydrogens (tertiary/aromatic N) is 2. The van der Waals surface area contributed by atoms with Crippen molar-refractivity contribution in [2.24, 2.45) is 0 Å². The van der Waals surface area contributed by atoms with Gasteiger partial charge in [-0.15, -0.1) is 0 Å². The molecule has 1 heterocycles. The van der Waals surface area contributed by atoms with Crippen molar-refractivity contribution >= 4 is 29.1 Å². The number of piperidine rings is 1. The Kier molecular flexibility index (Phi) is 7.25. The highest BCUT2D eigenvalue weighted by Gasteiger charge is 2.36. The Balaban J connectivity index is 1.27. The standard InChI is InChI=1S/C26H31ClN2O4/c1-28(20-9-11-22(12-10-20)33-21-6-4-7-21)25(31)18-26(32)13-15-29(16-14-26)24(30)17-19-5-2-3-8-23(19)27/h2-3,5,8-12,21,32H,4,6-7,13-18H2,1H3. The lowest BCUT2D eigenvalue weighted by atomic mass is 9.87. The van der Waals surface area contributed by atoms with Gasteiger partial charge >= 0.3 is 0 Å². The molecule has 1 N–H and O–H groups in total. The van der Waals surface area contributed by atoms with Crippen LogP contribution < -0.4 is 9.64 Å². The number of aliphatic hydroxyl groups is 1. The van der Waals surface area contributed by atoms with Gasteiger partial charge in [-0.05, 0) is 68.0 Å². The maximum atomic E-state index is 12.9. The smallest absolute Gasteiger partial charge is 0.229 e. The molecule has 0 unspecified atom stereocenters. The summed E-state index contributed by atoms with van der Waals surface area (Å²) in [6.45, 7) is 0.841. The molecule has 2 aromatic carbocycles. The predicted octanol–water partition coefficient (Wildman–Crippen LogP) is 4.22. The molecule has 2 amide bonds. The molecule has 0 atom stereocenters. The van der Waals surface area contributed by atoms with Gasteiger partial charge in [-0.1, -0.05) is 29.8 Å². The van der Waals surface area contributed by atoms with Crippen LogP contribution in [0.1, 0.15) is 44.1 Å². The molecule has 1 saturated carbocycles. The first kappa shape index (κ1) is 23.6. The zero-order valence-corrected chi connectivity index (χ0v) is 19.8. The molecule has 2 aromatic rings. The average Bonchev–Trinajstić information content (AvgIpc) is 2.78. The molecule has 1 aliphatic carbocycles. The number of amides is 2. The van der Waals surface area contributed by atoms with Crippen molar-refractivity contribution in [3.63, 3.8) is 0 Å². The molecule has 33 heavy (non-hydrogen) atoms. The Morgan fingerprint density at radius 3 is 2.39 bits per heavy atom. The summed E-state index contributed by atoms with van der Waals surface area (Å²) in [5.74, 6) is 0.649. The molecule has 176 valence electrons. The number of hydrogen-bond donors (Lipinski definition) is 1. The predicted molar refractivity (Wildman–Crippen MR) is 129 cm³/mol. The number of ether oxygens (including phenoxy) is 1. The average molecular weight is 471 g/mol. The summed E-state index contributed by atoms with van der Waals surface area (Å²) in [6.07, 6.45) is 4.73. The zero-order valence-electron chi connectivity index (χ0n) is 19.0. The molecule has 1 saturated heterocycles. The fourth-order valence-corrected chi connectivity index (χ4v) is 4.44. The molecule has 6 nitrogen and oxygen atoms in total. The van der Waals surface area contributed by atoms with Gasteiger partial charge < -0.3 is 19.6 Å². The van der Waals surface area contributed by atoms with Gasteiger partial charge in [0.05, 0.1) is 24.5 Å². The highest BCUT2D eigenvalue weighted by atomic mass is 35.5.